The minimum Gasteiger partial charge on any atom is -0.342 e. The van der Waals surface area contributed by atoms with Gasteiger partial charge >= 0.3 is 0 Å². The molecule has 7 aromatic carbocycles. The molecule has 272 valence electrons. The van der Waals surface area contributed by atoms with Gasteiger partial charge in [-0.05, 0) is 128 Å². The smallest absolute Gasteiger partial charge is 0.159 e. The first kappa shape index (κ1) is 34.3. The maximum Gasteiger partial charge on any atom is 0.159 e. The molecule has 8 aromatic rings. The Morgan fingerprint density at radius 2 is 1.04 bits per heavy atom. The molecule has 57 heavy (non-hydrogen) atoms. The lowest BCUT2D eigenvalue weighted by molar-refractivity contribution is 0.520. The van der Waals surface area contributed by atoms with E-state index in [0.717, 1.165) is 40.1 Å². The van der Waals surface area contributed by atoms with Gasteiger partial charge in [-0.25, -0.2) is 9.98 Å². The largest absolute Gasteiger partial charge is 0.342 e. The molecule has 1 atom stereocenters. The molecule has 1 aromatic heterocycles. The second-order valence-corrected chi connectivity index (χ2v) is 15.2. The predicted molar refractivity (Wildman–Crippen MR) is 240 cm³/mol. The molecule has 0 bridgehead atoms. The number of fused-ring (bicyclic) bond motifs is 6. The summed E-state index contributed by atoms with van der Waals surface area (Å²) >= 11 is 0. The molecular weight excluding hydrogens is 693 g/mol. The van der Waals surface area contributed by atoms with Gasteiger partial charge in [0.2, 0.25) is 0 Å². The molecule has 1 aliphatic carbocycles. The number of hydrogen-bond acceptors (Lipinski definition) is 4. The van der Waals surface area contributed by atoms with Crippen LogP contribution in [0, 0.1) is 0 Å². The van der Waals surface area contributed by atoms with Gasteiger partial charge in [0.25, 0.3) is 0 Å². The van der Waals surface area contributed by atoms with Crippen LogP contribution >= 0.6 is 0 Å². The van der Waals surface area contributed by atoms with Crippen LogP contribution in [-0.2, 0) is 0 Å². The number of nitrogens with one attached hydrogen (secondary N) is 1. The molecule has 2 aliphatic rings. The quantitative estimate of drug-likeness (QED) is 0.173. The molecule has 0 amide bonds. The molecular formula is C53H40N4. The van der Waals surface area contributed by atoms with Gasteiger partial charge in [0.1, 0.15) is 5.84 Å². The van der Waals surface area contributed by atoms with Crippen molar-refractivity contribution in [2.75, 3.05) is 0 Å². The summed E-state index contributed by atoms with van der Waals surface area (Å²) < 4.78 is 0. The zero-order chi connectivity index (χ0) is 38.3. The highest BCUT2D eigenvalue weighted by atomic mass is 15.2. The third kappa shape index (κ3) is 6.45. The first-order valence-corrected chi connectivity index (χ1v) is 19.6. The summed E-state index contributed by atoms with van der Waals surface area (Å²) in [4.78, 5) is 14.7. The van der Waals surface area contributed by atoms with Gasteiger partial charge in [-0.2, -0.15) is 0 Å². The molecule has 1 N–H and O–H groups in total. The fourth-order valence-electron chi connectivity index (χ4n) is 8.26. The van der Waals surface area contributed by atoms with Gasteiger partial charge in [0.15, 0.2) is 11.5 Å². The zero-order valence-electron chi connectivity index (χ0n) is 31.9. The zero-order valence-corrected chi connectivity index (χ0v) is 31.9. The van der Waals surface area contributed by atoms with E-state index >= 15 is 0 Å². The van der Waals surface area contributed by atoms with Crippen molar-refractivity contribution >= 4 is 44.0 Å². The molecule has 1 unspecified atom stereocenters. The molecule has 2 heterocycles. The molecule has 1 aliphatic heterocycles. The Bertz CT molecular complexity index is 3020. The van der Waals surface area contributed by atoms with Crippen LogP contribution in [0.3, 0.4) is 0 Å². The van der Waals surface area contributed by atoms with E-state index in [4.69, 9.17) is 9.98 Å². The molecule has 10 rings (SSSR count). The second-order valence-electron chi connectivity index (χ2n) is 15.2. The van der Waals surface area contributed by atoms with Gasteiger partial charge in [-0.3, -0.25) is 4.98 Å². The Kier molecular flexibility index (Phi) is 8.53. The Labute approximate surface area is 333 Å². The summed E-state index contributed by atoms with van der Waals surface area (Å²) in [6.07, 6.45) is 13.3. The van der Waals surface area contributed by atoms with Crippen LogP contribution in [0.15, 0.2) is 209 Å². The lowest BCUT2D eigenvalue weighted by atomic mass is 9.90. The highest BCUT2D eigenvalue weighted by Gasteiger charge is 2.33. The van der Waals surface area contributed by atoms with Crippen molar-refractivity contribution in [2.45, 2.75) is 25.9 Å². The third-order valence-corrected chi connectivity index (χ3v) is 11.3. The molecule has 0 spiro atoms. The number of hydrogen-bond donors (Lipinski definition) is 1. The van der Waals surface area contributed by atoms with Gasteiger partial charge in [0, 0.05) is 23.5 Å². The average molecular weight is 733 g/mol. The number of rotatable bonds is 6. The number of pyridine rings is 1. The van der Waals surface area contributed by atoms with Crippen molar-refractivity contribution in [3.8, 4) is 33.4 Å². The van der Waals surface area contributed by atoms with E-state index in [0.29, 0.717) is 5.84 Å². The van der Waals surface area contributed by atoms with Crippen LogP contribution in [0.1, 0.15) is 31.4 Å². The van der Waals surface area contributed by atoms with E-state index < -0.39 is 5.66 Å². The number of benzene rings is 7. The SMILES string of the molecule is CC1=CC=C(C2(C)N=C(c3cccc(-c4cccc(-c5ccc6c7ccccc7c7ccc(-c8ccccc8)cc7c6c5)c4)c3)N=C(c3ccncc3)N2)C=CC1. The Morgan fingerprint density at radius 1 is 0.491 bits per heavy atom. The summed E-state index contributed by atoms with van der Waals surface area (Å²) in [5.41, 5.74) is 10.6. The molecule has 0 saturated heterocycles. The van der Waals surface area contributed by atoms with Crippen molar-refractivity contribution in [1.82, 2.24) is 10.3 Å². The van der Waals surface area contributed by atoms with Crippen LogP contribution in [0.4, 0.5) is 0 Å². The molecule has 0 saturated carbocycles. The van der Waals surface area contributed by atoms with Crippen LogP contribution < -0.4 is 5.32 Å². The van der Waals surface area contributed by atoms with Crippen LogP contribution in [0.2, 0.25) is 0 Å². The van der Waals surface area contributed by atoms with Gasteiger partial charge < -0.3 is 5.32 Å². The number of aromatic nitrogens is 1. The van der Waals surface area contributed by atoms with E-state index in [1.54, 1.807) is 12.4 Å². The number of nitrogens with zero attached hydrogens (tertiary/aromatic N) is 3. The Hall–Kier alpha value is -7.17. The topological polar surface area (TPSA) is 49.6 Å². The summed E-state index contributed by atoms with van der Waals surface area (Å²) in [6.45, 7) is 4.28. The summed E-state index contributed by atoms with van der Waals surface area (Å²) in [5.74, 6) is 1.45. The monoisotopic (exact) mass is 732 g/mol. The van der Waals surface area contributed by atoms with E-state index in [9.17, 15) is 0 Å². The van der Waals surface area contributed by atoms with Crippen molar-refractivity contribution in [3.05, 3.63) is 211 Å². The first-order chi connectivity index (χ1) is 28.0. The summed E-state index contributed by atoms with van der Waals surface area (Å²) in [5, 5.41) is 11.3. The van der Waals surface area contributed by atoms with E-state index in [1.165, 1.54) is 60.1 Å². The minimum absolute atomic E-state index is 0.684. The van der Waals surface area contributed by atoms with Gasteiger partial charge in [-0.15, -0.1) is 0 Å². The first-order valence-electron chi connectivity index (χ1n) is 19.6. The molecule has 4 nitrogen and oxygen atoms in total. The Balaban J connectivity index is 1.06. The van der Waals surface area contributed by atoms with Crippen LogP contribution in [0.5, 0.6) is 0 Å². The van der Waals surface area contributed by atoms with Crippen molar-refractivity contribution in [1.29, 1.82) is 0 Å². The van der Waals surface area contributed by atoms with Crippen LogP contribution in [-0.4, -0.2) is 22.3 Å². The van der Waals surface area contributed by atoms with E-state index in [-0.39, 0.29) is 0 Å². The standard InChI is InChI=1S/C53H40N4/c1-35-11-8-18-44(24-21-35)53(2)56-51(37-27-29-54-30-28-37)55-52(57-53)43-17-10-16-40(32-43)38-14-9-15-39(31-38)42-23-26-48-46-20-7-6-19-45(46)47-25-22-41(33-49(47)50(48)34-42)36-12-4-3-5-13-36/h3-10,12-34H,11H2,1-2H3,(H,55,56,57). The van der Waals surface area contributed by atoms with Crippen molar-refractivity contribution < 1.29 is 0 Å². The maximum absolute atomic E-state index is 5.30. The average Bonchev–Trinajstić information content (AvgIpc) is 3.51. The highest BCUT2D eigenvalue weighted by molar-refractivity contribution is 6.26. The van der Waals surface area contributed by atoms with Crippen molar-refractivity contribution in [2.24, 2.45) is 9.98 Å². The minimum atomic E-state index is -0.726. The number of aliphatic imine (C=N–C) groups is 2. The van der Waals surface area contributed by atoms with Gasteiger partial charge in [0.05, 0.1) is 0 Å². The predicted octanol–water partition coefficient (Wildman–Crippen LogP) is 12.9. The lowest BCUT2D eigenvalue weighted by Crippen LogP contribution is -2.49. The number of allylic oxidation sites excluding steroid dienone is 4. The fraction of sp³-hybridized carbons (Fsp3) is 0.0755. The normalized spacial score (nSPS) is 16.7. The highest BCUT2D eigenvalue weighted by Crippen LogP contribution is 2.39. The molecule has 0 radical (unpaired) electrons. The summed E-state index contributed by atoms with van der Waals surface area (Å²) in [6, 6.07) is 54.7. The fourth-order valence-corrected chi connectivity index (χ4v) is 8.26. The molecule has 4 heteroatoms. The van der Waals surface area contributed by atoms with Gasteiger partial charge in [-0.1, -0.05) is 145 Å². The van der Waals surface area contributed by atoms with Crippen LogP contribution in [0.25, 0.3) is 65.7 Å². The van der Waals surface area contributed by atoms with E-state index in [1.807, 2.05) is 12.1 Å². The second kappa shape index (κ2) is 14.2. The Morgan fingerprint density at radius 3 is 1.70 bits per heavy atom. The maximum atomic E-state index is 5.30. The lowest BCUT2D eigenvalue weighted by Gasteiger charge is -2.33. The third-order valence-electron chi connectivity index (χ3n) is 11.3. The molecule has 0 fully saturated rings. The van der Waals surface area contributed by atoms with Crippen molar-refractivity contribution in [3.63, 3.8) is 0 Å². The van der Waals surface area contributed by atoms with E-state index in [2.05, 4.69) is 188 Å². The summed E-state index contributed by atoms with van der Waals surface area (Å²) in [7, 11) is 0. The number of amidine groups is 2.